The van der Waals surface area contributed by atoms with Gasteiger partial charge in [-0.2, -0.15) is 0 Å². The van der Waals surface area contributed by atoms with Crippen LogP contribution in [0.2, 0.25) is 5.02 Å². The van der Waals surface area contributed by atoms with E-state index in [4.69, 9.17) is 23.2 Å². The summed E-state index contributed by atoms with van der Waals surface area (Å²) in [6, 6.07) is 6.06. The molecular weight excluding hydrogens is 253 g/mol. The van der Waals surface area contributed by atoms with Crippen LogP contribution in [-0.4, -0.2) is 13.1 Å². The SMILES string of the molecule is CCN(CC1CCC1)c1cccc(Cl)c1CCl. The van der Waals surface area contributed by atoms with Crippen LogP contribution < -0.4 is 4.90 Å². The number of hydrogen-bond acceptors (Lipinski definition) is 1. The molecule has 0 amide bonds. The third kappa shape index (κ3) is 2.89. The Kier molecular flexibility index (Phi) is 4.58. The summed E-state index contributed by atoms with van der Waals surface area (Å²) in [7, 11) is 0. The Morgan fingerprint density at radius 1 is 1.35 bits per heavy atom. The van der Waals surface area contributed by atoms with Gasteiger partial charge in [-0.25, -0.2) is 0 Å². The van der Waals surface area contributed by atoms with Gasteiger partial charge < -0.3 is 4.90 Å². The van der Waals surface area contributed by atoms with Crippen LogP contribution in [-0.2, 0) is 5.88 Å². The maximum absolute atomic E-state index is 6.20. The van der Waals surface area contributed by atoms with E-state index in [1.807, 2.05) is 12.1 Å². The van der Waals surface area contributed by atoms with Gasteiger partial charge in [0, 0.05) is 29.4 Å². The molecule has 0 unspecified atom stereocenters. The zero-order valence-corrected chi connectivity index (χ0v) is 11.8. The highest BCUT2D eigenvalue weighted by Gasteiger charge is 2.21. The van der Waals surface area contributed by atoms with Gasteiger partial charge in [-0.05, 0) is 37.8 Å². The predicted octanol–water partition coefficient (Wildman–Crippen LogP) is 4.71. The largest absolute Gasteiger partial charge is 0.371 e. The van der Waals surface area contributed by atoms with E-state index >= 15 is 0 Å². The van der Waals surface area contributed by atoms with Crippen molar-refractivity contribution in [3.05, 3.63) is 28.8 Å². The van der Waals surface area contributed by atoms with Crippen molar-refractivity contribution in [3.63, 3.8) is 0 Å². The minimum Gasteiger partial charge on any atom is -0.371 e. The van der Waals surface area contributed by atoms with Gasteiger partial charge in [-0.15, -0.1) is 11.6 Å². The average Bonchev–Trinajstić information content (AvgIpc) is 2.28. The summed E-state index contributed by atoms with van der Waals surface area (Å²) in [6.07, 6.45) is 4.13. The van der Waals surface area contributed by atoms with Crippen LogP contribution in [0.3, 0.4) is 0 Å². The molecule has 3 heteroatoms. The maximum atomic E-state index is 6.20. The molecule has 1 aliphatic carbocycles. The summed E-state index contributed by atoms with van der Waals surface area (Å²) in [5.41, 5.74) is 2.28. The molecule has 0 aliphatic heterocycles. The molecule has 1 aromatic carbocycles. The van der Waals surface area contributed by atoms with Gasteiger partial charge in [0.25, 0.3) is 0 Å². The highest BCUT2D eigenvalue weighted by atomic mass is 35.5. The lowest BCUT2D eigenvalue weighted by Crippen LogP contribution is -2.33. The average molecular weight is 272 g/mol. The van der Waals surface area contributed by atoms with E-state index in [1.54, 1.807) is 0 Å². The molecule has 0 aromatic heterocycles. The molecule has 1 fully saturated rings. The number of nitrogens with zero attached hydrogens (tertiary/aromatic N) is 1. The van der Waals surface area contributed by atoms with Crippen LogP contribution >= 0.6 is 23.2 Å². The number of anilines is 1. The number of benzene rings is 1. The maximum Gasteiger partial charge on any atom is 0.0509 e. The molecule has 17 heavy (non-hydrogen) atoms. The van der Waals surface area contributed by atoms with Crippen LogP contribution in [0, 0.1) is 5.92 Å². The van der Waals surface area contributed by atoms with Crippen molar-refractivity contribution >= 4 is 28.9 Å². The van der Waals surface area contributed by atoms with Gasteiger partial charge in [0.1, 0.15) is 0 Å². The monoisotopic (exact) mass is 271 g/mol. The van der Waals surface area contributed by atoms with Crippen LogP contribution in [0.25, 0.3) is 0 Å². The van der Waals surface area contributed by atoms with Crippen LogP contribution in [0.15, 0.2) is 18.2 Å². The van der Waals surface area contributed by atoms with E-state index in [1.165, 1.54) is 24.9 Å². The third-order valence-corrected chi connectivity index (χ3v) is 4.27. The van der Waals surface area contributed by atoms with E-state index < -0.39 is 0 Å². The molecule has 0 saturated heterocycles. The van der Waals surface area contributed by atoms with Gasteiger partial charge in [-0.3, -0.25) is 0 Å². The number of rotatable bonds is 5. The first kappa shape index (κ1) is 13.0. The molecule has 1 aliphatic rings. The minimum absolute atomic E-state index is 0.482. The second kappa shape index (κ2) is 5.97. The normalized spacial score (nSPS) is 15.7. The van der Waals surface area contributed by atoms with E-state index in [-0.39, 0.29) is 0 Å². The molecule has 0 N–H and O–H groups in total. The second-order valence-electron chi connectivity index (χ2n) is 4.71. The molecule has 1 saturated carbocycles. The van der Waals surface area contributed by atoms with Crippen molar-refractivity contribution in [1.82, 2.24) is 0 Å². The summed E-state index contributed by atoms with van der Waals surface area (Å²) in [5, 5.41) is 0.782. The molecule has 0 bridgehead atoms. The van der Waals surface area contributed by atoms with Gasteiger partial charge in [0.15, 0.2) is 0 Å². The van der Waals surface area contributed by atoms with Crippen LogP contribution in [0.5, 0.6) is 0 Å². The molecule has 0 heterocycles. The first-order valence-corrected chi connectivity index (χ1v) is 7.25. The molecule has 1 nitrogen and oxygen atoms in total. The van der Waals surface area contributed by atoms with E-state index in [9.17, 15) is 0 Å². The standard InChI is InChI=1S/C14H19Cl2N/c1-2-17(10-11-5-3-6-11)14-8-4-7-13(16)12(14)9-15/h4,7-8,11H,2-3,5-6,9-10H2,1H3. The summed E-state index contributed by atoms with van der Waals surface area (Å²) < 4.78 is 0. The fraction of sp³-hybridized carbons (Fsp3) is 0.571. The highest BCUT2D eigenvalue weighted by Crippen LogP contribution is 2.33. The fourth-order valence-corrected chi connectivity index (χ4v) is 2.95. The highest BCUT2D eigenvalue weighted by molar-refractivity contribution is 6.32. The van der Waals surface area contributed by atoms with Crippen molar-refractivity contribution in [1.29, 1.82) is 0 Å². The summed E-state index contributed by atoms with van der Waals surface area (Å²) in [6.45, 7) is 4.35. The molecule has 1 aromatic rings. The Balaban J connectivity index is 2.19. The first-order valence-electron chi connectivity index (χ1n) is 6.34. The van der Waals surface area contributed by atoms with Gasteiger partial charge in [0.05, 0.1) is 5.88 Å². The number of hydrogen-bond donors (Lipinski definition) is 0. The Labute approximate surface area is 114 Å². The molecule has 0 spiro atoms. The zero-order valence-electron chi connectivity index (χ0n) is 10.3. The van der Waals surface area contributed by atoms with Gasteiger partial charge >= 0.3 is 0 Å². The third-order valence-electron chi connectivity index (χ3n) is 3.65. The lowest BCUT2D eigenvalue weighted by Gasteiger charge is -2.34. The van der Waals surface area contributed by atoms with E-state index in [0.29, 0.717) is 5.88 Å². The predicted molar refractivity (Wildman–Crippen MR) is 76.2 cm³/mol. The topological polar surface area (TPSA) is 3.24 Å². The summed E-state index contributed by atoms with van der Waals surface area (Å²) in [4.78, 5) is 2.41. The van der Waals surface area contributed by atoms with Crippen molar-refractivity contribution in [2.24, 2.45) is 5.92 Å². The van der Waals surface area contributed by atoms with E-state index in [2.05, 4.69) is 17.9 Å². The lowest BCUT2D eigenvalue weighted by atomic mass is 9.85. The fourth-order valence-electron chi connectivity index (χ4n) is 2.36. The Morgan fingerprint density at radius 3 is 2.65 bits per heavy atom. The van der Waals surface area contributed by atoms with Crippen molar-refractivity contribution < 1.29 is 0 Å². The molecule has 0 atom stereocenters. The minimum atomic E-state index is 0.482. The summed E-state index contributed by atoms with van der Waals surface area (Å²) >= 11 is 12.2. The van der Waals surface area contributed by atoms with Crippen molar-refractivity contribution in [2.75, 3.05) is 18.0 Å². The van der Waals surface area contributed by atoms with Crippen LogP contribution in [0.4, 0.5) is 5.69 Å². The Bertz CT molecular complexity index is 374. The molecule has 94 valence electrons. The second-order valence-corrected chi connectivity index (χ2v) is 5.38. The number of alkyl halides is 1. The first-order chi connectivity index (χ1) is 8.26. The summed E-state index contributed by atoms with van der Waals surface area (Å²) in [5.74, 6) is 1.34. The molecule has 2 rings (SSSR count). The Morgan fingerprint density at radius 2 is 2.12 bits per heavy atom. The van der Waals surface area contributed by atoms with Gasteiger partial charge in [0.2, 0.25) is 0 Å². The van der Waals surface area contributed by atoms with E-state index in [0.717, 1.165) is 29.6 Å². The van der Waals surface area contributed by atoms with Gasteiger partial charge in [-0.1, -0.05) is 24.1 Å². The quantitative estimate of drug-likeness (QED) is 0.702. The zero-order chi connectivity index (χ0) is 12.3. The lowest BCUT2D eigenvalue weighted by molar-refractivity contribution is 0.318. The van der Waals surface area contributed by atoms with Crippen molar-refractivity contribution in [2.45, 2.75) is 32.1 Å². The Hall–Kier alpha value is -0.400. The number of halogens is 2. The molecular formula is C14H19Cl2N. The van der Waals surface area contributed by atoms with Crippen LogP contribution in [0.1, 0.15) is 31.7 Å². The smallest absolute Gasteiger partial charge is 0.0509 e. The molecule has 0 radical (unpaired) electrons. The van der Waals surface area contributed by atoms with Crippen molar-refractivity contribution in [3.8, 4) is 0 Å².